The van der Waals surface area contributed by atoms with Crippen molar-refractivity contribution in [3.05, 3.63) is 88.7 Å². The van der Waals surface area contributed by atoms with E-state index in [1.807, 2.05) is 24.5 Å². The molecular formula is C21H16F2N2. The van der Waals surface area contributed by atoms with Gasteiger partial charge >= 0.3 is 0 Å². The van der Waals surface area contributed by atoms with Gasteiger partial charge in [0.2, 0.25) is 0 Å². The van der Waals surface area contributed by atoms with Gasteiger partial charge in [-0.1, -0.05) is 12.1 Å². The highest BCUT2D eigenvalue weighted by molar-refractivity contribution is 5.90. The van der Waals surface area contributed by atoms with Crippen LogP contribution < -0.4 is 0 Å². The highest BCUT2D eigenvalue weighted by Gasteiger charge is 2.11. The van der Waals surface area contributed by atoms with Gasteiger partial charge in [-0.25, -0.2) is 8.78 Å². The summed E-state index contributed by atoms with van der Waals surface area (Å²) in [6.07, 6.45) is 1.79. The monoisotopic (exact) mass is 334 g/mol. The minimum absolute atomic E-state index is 0.283. The van der Waals surface area contributed by atoms with Crippen LogP contribution in [0.25, 0.3) is 17.3 Å². The van der Waals surface area contributed by atoms with E-state index in [2.05, 4.69) is 6.07 Å². The van der Waals surface area contributed by atoms with Gasteiger partial charge in [0.1, 0.15) is 11.6 Å². The summed E-state index contributed by atoms with van der Waals surface area (Å²) in [5.74, 6) is -0.620. The quantitative estimate of drug-likeness (QED) is 0.587. The van der Waals surface area contributed by atoms with E-state index in [0.29, 0.717) is 11.1 Å². The number of hydrogen-bond donors (Lipinski definition) is 0. The number of benzene rings is 2. The molecule has 0 saturated carbocycles. The topological polar surface area (TPSA) is 28.7 Å². The number of allylic oxidation sites excluding steroid dienone is 1. The largest absolute Gasteiger partial charge is 0.318 e. The van der Waals surface area contributed by atoms with Crippen LogP contribution in [-0.2, 0) is 0 Å². The molecule has 0 spiro atoms. The van der Waals surface area contributed by atoms with Crippen LogP contribution in [0.5, 0.6) is 0 Å². The molecule has 1 aromatic heterocycles. The van der Waals surface area contributed by atoms with Gasteiger partial charge < -0.3 is 4.57 Å². The van der Waals surface area contributed by atoms with Crippen molar-refractivity contribution in [3.8, 4) is 11.8 Å². The number of hydrogen-bond acceptors (Lipinski definition) is 1. The molecule has 0 saturated heterocycles. The molecule has 2 nitrogen and oxygen atoms in total. The lowest BCUT2D eigenvalue weighted by atomic mass is 10.0. The second-order valence-corrected chi connectivity index (χ2v) is 5.82. The van der Waals surface area contributed by atoms with Crippen molar-refractivity contribution in [2.75, 3.05) is 0 Å². The zero-order valence-corrected chi connectivity index (χ0v) is 13.9. The van der Waals surface area contributed by atoms with Crippen LogP contribution in [0.15, 0.2) is 54.6 Å². The first-order valence-electron chi connectivity index (χ1n) is 7.82. The molecule has 0 aliphatic carbocycles. The standard InChI is InChI=1S/C21H16F2N2/c1-14-11-17(12-18(13-24)16-3-5-19(22)6-4-16)15(2)25(14)21-9-7-20(23)8-10-21/h3-12H,1-2H3. The molecule has 3 aromatic rings. The number of nitrogens with zero attached hydrogens (tertiary/aromatic N) is 2. The molecule has 0 radical (unpaired) electrons. The third kappa shape index (κ3) is 3.36. The smallest absolute Gasteiger partial charge is 0.123 e. The Hall–Kier alpha value is -3.19. The van der Waals surface area contributed by atoms with E-state index in [-0.39, 0.29) is 11.6 Å². The minimum Gasteiger partial charge on any atom is -0.318 e. The summed E-state index contributed by atoms with van der Waals surface area (Å²) in [4.78, 5) is 0. The molecule has 0 atom stereocenters. The second-order valence-electron chi connectivity index (χ2n) is 5.82. The zero-order valence-electron chi connectivity index (χ0n) is 13.9. The highest BCUT2D eigenvalue weighted by atomic mass is 19.1. The number of aryl methyl sites for hydroxylation is 1. The summed E-state index contributed by atoms with van der Waals surface area (Å²) in [5, 5.41) is 9.46. The van der Waals surface area contributed by atoms with Gasteiger partial charge in [-0.2, -0.15) is 5.26 Å². The van der Waals surface area contributed by atoms with Gasteiger partial charge in [-0.15, -0.1) is 0 Å². The van der Waals surface area contributed by atoms with Crippen molar-refractivity contribution in [1.82, 2.24) is 4.57 Å². The first-order valence-corrected chi connectivity index (χ1v) is 7.82. The number of nitriles is 1. The Kier molecular flexibility index (Phi) is 4.49. The van der Waals surface area contributed by atoms with Gasteiger partial charge in [-0.05, 0) is 73.5 Å². The molecule has 25 heavy (non-hydrogen) atoms. The van der Waals surface area contributed by atoms with Gasteiger partial charge in [0, 0.05) is 17.1 Å². The molecule has 0 unspecified atom stereocenters. The first-order chi connectivity index (χ1) is 12.0. The maximum Gasteiger partial charge on any atom is 0.123 e. The van der Waals surface area contributed by atoms with Crippen LogP contribution in [0, 0.1) is 36.8 Å². The molecule has 0 aliphatic heterocycles. The third-order valence-corrected chi connectivity index (χ3v) is 4.13. The van der Waals surface area contributed by atoms with E-state index < -0.39 is 0 Å². The Morgan fingerprint density at radius 2 is 1.52 bits per heavy atom. The Labute approximate surface area is 145 Å². The SMILES string of the molecule is Cc1cc(C=C(C#N)c2ccc(F)cc2)c(C)n1-c1ccc(F)cc1. The normalized spacial score (nSPS) is 11.4. The van der Waals surface area contributed by atoms with Crippen LogP contribution in [0.4, 0.5) is 8.78 Å². The fraction of sp³-hybridized carbons (Fsp3) is 0.0952. The Morgan fingerprint density at radius 3 is 2.08 bits per heavy atom. The summed E-state index contributed by atoms with van der Waals surface area (Å²) in [6.45, 7) is 3.90. The van der Waals surface area contributed by atoms with Crippen LogP contribution in [0.2, 0.25) is 0 Å². The van der Waals surface area contributed by atoms with Crippen molar-refractivity contribution < 1.29 is 8.78 Å². The van der Waals surface area contributed by atoms with Gasteiger partial charge in [0.25, 0.3) is 0 Å². The molecule has 3 rings (SSSR count). The van der Waals surface area contributed by atoms with Crippen molar-refractivity contribution in [1.29, 1.82) is 5.26 Å². The lowest BCUT2D eigenvalue weighted by molar-refractivity contribution is 0.627. The average molecular weight is 334 g/mol. The summed E-state index contributed by atoms with van der Waals surface area (Å²) >= 11 is 0. The Bertz CT molecular complexity index is 972. The van der Waals surface area contributed by atoms with Gasteiger partial charge in [-0.3, -0.25) is 0 Å². The summed E-state index contributed by atoms with van der Waals surface area (Å²) in [6, 6.07) is 16.3. The molecule has 0 aliphatic rings. The molecule has 0 fully saturated rings. The van der Waals surface area contributed by atoms with E-state index in [1.54, 1.807) is 30.3 Å². The highest BCUT2D eigenvalue weighted by Crippen LogP contribution is 2.25. The summed E-state index contributed by atoms with van der Waals surface area (Å²) in [7, 11) is 0. The van der Waals surface area contributed by atoms with Crippen molar-refractivity contribution in [3.63, 3.8) is 0 Å². The van der Waals surface area contributed by atoms with E-state index in [1.165, 1.54) is 24.3 Å². The Morgan fingerprint density at radius 1 is 0.960 bits per heavy atom. The van der Waals surface area contributed by atoms with E-state index in [0.717, 1.165) is 22.6 Å². The Balaban J connectivity index is 2.06. The molecular weight excluding hydrogens is 318 g/mol. The number of aromatic nitrogens is 1. The maximum atomic E-state index is 13.2. The van der Waals surface area contributed by atoms with Crippen molar-refractivity contribution in [2.45, 2.75) is 13.8 Å². The van der Waals surface area contributed by atoms with Gasteiger partial charge in [0.15, 0.2) is 0 Å². The third-order valence-electron chi connectivity index (χ3n) is 4.13. The zero-order chi connectivity index (χ0) is 18.0. The van der Waals surface area contributed by atoms with Crippen LogP contribution in [-0.4, -0.2) is 4.57 Å². The van der Waals surface area contributed by atoms with Crippen LogP contribution >= 0.6 is 0 Å². The molecule has 4 heteroatoms. The second kappa shape index (κ2) is 6.74. The van der Waals surface area contributed by atoms with E-state index in [9.17, 15) is 14.0 Å². The minimum atomic E-state index is -0.337. The number of halogens is 2. The first kappa shape index (κ1) is 16.7. The van der Waals surface area contributed by atoms with Gasteiger partial charge in [0.05, 0.1) is 11.6 Å². The predicted molar refractivity (Wildman–Crippen MR) is 95.1 cm³/mol. The fourth-order valence-corrected chi connectivity index (χ4v) is 2.89. The van der Waals surface area contributed by atoms with E-state index >= 15 is 0 Å². The molecule has 0 amide bonds. The maximum absolute atomic E-state index is 13.2. The lowest BCUT2D eigenvalue weighted by Gasteiger charge is -2.09. The lowest BCUT2D eigenvalue weighted by Crippen LogP contribution is -1.99. The summed E-state index contributed by atoms with van der Waals surface area (Å²) < 4.78 is 28.3. The summed E-state index contributed by atoms with van der Waals surface area (Å²) in [5.41, 5.74) is 4.79. The van der Waals surface area contributed by atoms with Crippen LogP contribution in [0.3, 0.4) is 0 Å². The number of rotatable bonds is 3. The average Bonchev–Trinajstić information content (AvgIpc) is 2.88. The fourth-order valence-electron chi connectivity index (χ4n) is 2.89. The molecule has 0 bridgehead atoms. The van der Waals surface area contributed by atoms with Crippen molar-refractivity contribution in [2.24, 2.45) is 0 Å². The molecule has 124 valence electrons. The molecule has 0 N–H and O–H groups in total. The van der Waals surface area contributed by atoms with E-state index in [4.69, 9.17) is 0 Å². The molecule has 1 heterocycles. The predicted octanol–water partition coefficient (Wildman–Crippen LogP) is 5.44. The van der Waals surface area contributed by atoms with Crippen molar-refractivity contribution >= 4 is 11.6 Å². The molecule has 2 aromatic carbocycles. The van der Waals surface area contributed by atoms with Crippen LogP contribution in [0.1, 0.15) is 22.5 Å².